The Morgan fingerprint density at radius 2 is 2.04 bits per heavy atom. The molecular weight excluding hydrogens is 338 g/mol. The second-order valence-corrected chi connectivity index (χ2v) is 6.13. The maximum absolute atomic E-state index is 12.6. The number of nitro groups is 1. The van der Waals surface area contributed by atoms with Gasteiger partial charge in [-0.25, -0.2) is 0 Å². The fourth-order valence-electron chi connectivity index (χ4n) is 2.72. The number of carbonyl (C=O) groups is 1. The van der Waals surface area contributed by atoms with Gasteiger partial charge >= 0.3 is 0 Å². The average Bonchev–Trinajstić information content (AvgIpc) is 2.67. The third-order valence-corrected chi connectivity index (χ3v) is 4.18. The summed E-state index contributed by atoms with van der Waals surface area (Å²) in [6.07, 6.45) is 2.83. The van der Waals surface area contributed by atoms with Gasteiger partial charge in [0.15, 0.2) is 0 Å². The Balaban J connectivity index is 1.98. The van der Waals surface area contributed by atoms with Crippen molar-refractivity contribution in [1.82, 2.24) is 5.32 Å². The molecule has 0 spiro atoms. The molecule has 8 heteroatoms. The Morgan fingerprint density at radius 3 is 2.73 bits per heavy atom. The first-order chi connectivity index (χ1) is 12.6. The number of nitrogens with one attached hydrogen (secondary N) is 1. The topological polar surface area (TPSA) is 93.9 Å². The van der Waals surface area contributed by atoms with Crippen molar-refractivity contribution in [2.24, 2.45) is 0 Å². The zero-order valence-corrected chi connectivity index (χ0v) is 15.2. The van der Waals surface area contributed by atoms with E-state index in [-0.39, 0.29) is 11.6 Å². The Labute approximate surface area is 153 Å². The van der Waals surface area contributed by atoms with Crippen LogP contribution >= 0.6 is 0 Å². The van der Waals surface area contributed by atoms with Crippen LogP contribution in [0.1, 0.15) is 36.5 Å². The highest BCUT2D eigenvalue weighted by molar-refractivity contribution is 6.00. The fourth-order valence-corrected chi connectivity index (χ4v) is 2.72. The van der Waals surface area contributed by atoms with Crippen LogP contribution in [0, 0.1) is 10.1 Å². The van der Waals surface area contributed by atoms with Crippen molar-refractivity contribution in [1.29, 1.82) is 0 Å². The van der Waals surface area contributed by atoms with Gasteiger partial charge in [-0.15, -0.1) is 0 Å². The average molecular weight is 365 g/mol. The first-order valence-corrected chi connectivity index (χ1v) is 9.10. The number of non-ortho nitro benzene ring substituents is 1. The number of unbranched alkanes of at least 4 members (excludes halogenated alkanes) is 1. The molecule has 1 aliphatic rings. The van der Waals surface area contributed by atoms with Gasteiger partial charge in [-0.1, -0.05) is 13.3 Å². The lowest BCUT2D eigenvalue weighted by Crippen LogP contribution is -2.38. The van der Waals surface area contributed by atoms with Crippen LogP contribution in [-0.4, -0.2) is 56.9 Å². The quantitative estimate of drug-likeness (QED) is 0.389. The van der Waals surface area contributed by atoms with Crippen LogP contribution in [-0.2, 0) is 9.47 Å². The van der Waals surface area contributed by atoms with Crippen LogP contribution in [0.5, 0.6) is 0 Å². The van der Waals surface area contributed by atoms with Crippen LogP contribution in [0.25, 0.3) is 0 Å². The second kappa shape index (κ2) is 10.7. The number of nitro benzene ring substituents is 1. The summed E-state index contributed by atoms with van der Waals surface area (Å²) in [6.45, 7) is 6.36. The van der Waals surface area contributed by atoms with E-state index in [0.29, 0.717) is 57.1 Å². The third kappa shape index (κ3) is 5.96. The first kappa shape index (κ1) is 20.1. The van der Waals surface area contributed by atoms with Crippen LogP contribution in [0.15, 0.2) is 18.2 Å². The molecule has 1 N–H and O–H groups in total. The molecule has 2 rings (SSSR count). The molecule has 1 fully saturated rings. The van der Waals surface area contributed by atoms with Crippen molar-refractivity contribution in [2.45, 2.75) is 26.2 Å². The standard InChI is InChI=1S/C18H27N3O5/c1-2-3-10-25-11-4-7-19-18(22)16-14-15(21(23)24)5-6-17(16)20-8-12-26-13-9-20/h5-6,14H,2-4,7-13H2,1H3,(H,19,22). The van der Waals surface area contributed by atoms with Gasteiger partial charge in [0.2, 0.25) is 0 Å². The number of hydrogen-bond donors (Lipinski definition) is 1. The molecule has 1 amide bonds. The molecule has 0 unspecified atom stereocenters. The highest BCUT2D eigenvalue weighted by atomic mass is 16.6. The minimum absolute atomic E-state index is 0.0879. The lowest BCUT2D eigenvalue weighted by molar-refractivity contribution is -0.384. The maximum Gasteiger partial charge on any atom is 0.270 e. The van der Waals surface area contributed by atoms with Gasteiger partial charge in [0.05, 0.1) is 29.4 Å². The monoisotopic (exact) mass is 365 g/mol. The molecule has 0 atom stereocenters. The van der Waals surface area contributed by atoms with E-state index in [1.54, 1.807) is 6.07 Å². The molecule has 1 saturated heterocycles. The number of rotatable bonds is 10. The van der Waals surface area contributed by atoms with E-state index in [2.05, 4.69) is 12.2 Å². The Morgan fingerprint density at radius 1 is 1.31 bits per heavy atom. The van der Waals surface area contributed by atoms with Gasteiger partial charge < -0.3 is 19.7 Å². The highest BCUT2D eigenvalue weighted by Crippen LogP contribution is 2.26. The zero-order chi connectivity index (χ0) is 18.8. The van der Waals surface area contributed by atoms with Gasteiger partial charge in [-0.05, 0) is 18.9 Å². The summed E-state index contributed by atoms with van der Waals surface area (Å²) in [7, 11) is 0. The van der Waals surface area contributed by atoms with Crippen LogP contribution in [0.2, 0.25) is 0 Å². The van der Waals surface area contributed by atoms with E-state index in [1.165, 1.54) is 12.1 Å². The summed E-state index contributed by atoms with van der Waals surface area (Å²) < 4.78 is 10.8. The normalized spacial score (nSPS) is 14.3. The molecule has 1 heterocycles. The summed E-state index contributed by atoms with van der Waals surface area (Å²) >= 11 is 0. The smallest absolute Gasteiger partial charge is 0.270 e. The summed E-state index contributed by atoms with van der Waals surface area (Å²) in [6, 6.07) is 4.42. The summed E-state index contributed by atoms with van der Waals surface area (Å²) in [5.41, 5.74) is 0.943. The molecular formula is C18H27N3O5. The van der Waals surface area contributed by atoms with Crippen molar-refractivity contribution in [3.05, 3.63) is 33.9 Å². The number of carbonyl (C=O) groups excluding carboxylic acids is 1. The molecule has 0 bridgehead atoms. The number of nitrogens with zero attached hydrogens (tertiary/aromatic N) is 2. The lowest BCUT2D eigenvalue weighted by atomic mass is 10.1. The van der Waals surface area contributed by atoms with Gasteiger partial charge in [0.1, 0.15) is 0 Å². The molecule has 0 aliphatic carbocycles. The van der Waals surface area contributed by atoms with Crippen molar-refractivity contribution >= 4 is 17.3 Å². The predicted octanol–water partition coefficient (Wildman–Crippen LogP) is 2.37. The summed E-state index contributed by atoms with van der Waals surface area (Å²) in [4.78, 5) is 25.2. The SMILES string of the molecule is CCCCOCCCNC(=O)c1cc([N+](=O)[O-])ccc1N1CCOCC1. The van der Waals surface area contributed by atoms with E-state index in [4.69, 9.17) is 9.47 Å². The first-order valence-electron chi connectivity index (χ1n) is 9.10. The Hall–Kier alpha value is -2.19. The number of amides is 1. The highest BCUT2D eigenvalue weighted by Gasteiger charge is 2.21. The number of morpholine rings is 1. The zero-order valence-electron chi connectivity index (χ0n) is 15.2. The van der Waals surface area contributed by atoms with Crippen LogP contribution in [0.4, 0.5) is 11.4 Å². The Bertz CT molecular complexity index is 602. The van der Waals surface area contributed by atoms with E-state index < -0.39 is 4.92 Å². The van der Waals surface area contributed by atoms with Gasteiger partial charge in [-0.3, -0.25) is 14.9 Å². The molecule has 1 aromatic carbocycles. The molecule has 0 saturated carbocycles. The molecule has 0 radical (unpaired) electrons. The van der Waals surface area contributed by atoms with Gasteiger partial charge in [0.25, 0.3) is 11.6 Å². The number of anilines is 1. The van der Waals surface area contributed by atoms with E-state index >= 15 is 0 Å². The van der Waals surface area contributed by atoms with Crippen LogP contribution in [0.3, 0.4) is 0 Å². The fraction of sp³-hybridized carbons (Fsp3) is 0.611. The van der Waals surface area contributed by atoms with Gasteiger partial charge in [0, 0.05) is 45.0 Å². The van der Waals surface area contributed by atoms with Crippen molar-refractivity contribution in [3.63, 3.8) is 0 Å². The summed E-state index contributed by atoms with van der Waals surface area (Å²) in [5.74, 6) is -0.302. The van der Waals surface area contributed by atoms with Crippen LogP contribution < -0.4 is 10.2 Å². The number of ether oxygens (including phenoxy) is 2. The Kier molecular flexibility index (Phi) is 8.30. The minimum Gasteiger partial charge on any atom is -0.381 e. The largest absolute Gasteiger partial charge is 0.381 e. The van der Waals surface area contributed by atoms with Crippen molar-refractivity contribution in [2.75, 3.05) is 51.0 Å². The number of benzene rings is 1. The number of hydrogen-bond acceptors (Lipinski definition) is 6. The van der Waals surface area contributed by atoms with E-state index in [9.17, 15) is 14.9 Å². The second-order valence-electron chi connectivity index (χ2n) is 6.13. The third-order valence-electron chi connectivity index (χ3n) is 4.18. The molecule has 1 aromatic rings. The molecule has 8 nitrogen and oxygen atoms in total. The predicted molar refractivity (Wildman–Crippen MR) is 98.8 cm³/mol. The molecule has 26 heavy (non-hydrogen) atoms. The van der Waals surface area contributed by atoms with E-state index in [1.807, 2.05) is 4.90 Å². The minimum atomic E-state index is -0.485. The maximum atomic E-state index is 12.6. The summed E-state index contributed by atoms with van der Waals surface area (Å²) in [5, 5.41) is 13.9. The van der Waals surface area contributed by atoms with Crippen molar-refractivity contribution in [3.8, 4) is 0 Å². The lowest BCUT2D eigenvalue weighted by Gasteiger charge is -2.30. The van der Waals surface area contributed by atoms with E-state index in [0.717, 1.165) is 19.4 Å². The van der Waals surface area contributed by atoms with Crippen molar-refractivity contribution < 1.29 is 19.2 Å². The van der Waals surface area contributed by atoms with Gasteiger partial charge in [-0.2, -0.15) is 0 Å². The molecule has 0 aromatic heterocycles. The molecule has 1 aliphatic heterocycles. The molecule has 144 valence electrons.